The molecule has 1 saturated heterocycles. The Morgan fingerprint density at radius 3 is 2.65 bits per heavy atom. The van der Waals surface area contributed by atoms with Gasteiger partial charge < -0.3 is 10.0 Å². The lowest BCUT2D eigenvalue weighted by Gasteiger charge is -2.36. The first-order valence-electron chi connectivity index (χ1n) is 6.42. The fraction of sp³-hybridized carbons (Fsp3) is 0.615. The minimum Gasteiger partial charge on any atom is -0.392 e. The summed E-state index contributed by atoms with van der Waals surface area (Å²) in [7, 11) is 0. The molecule has 1 aromatic heterocycles. The number of hydrogen-bond acceptors (Lipinski definition) is 4. The van der Waals surface area contributed by atoms with Crippen LogP contribution in [0.25, 0.3) is 0 Å². The van der Waals surface area contributed by atoms with Gasteiger partial charge in [-0.3, -0.25) is 4.90 Å². The van der Waals surface area contributed by atoms with Crippen LogP contribution >= 0.6 is 0 Å². The number of pyridine rings is 1. The van der Waals surface area contributed by atoms with Crippen molar-refractivity contribution >= 4 is 5.82 Å². The summed E-state index contributed by atoms with van der Waals surface area (Å²) >= 11 is 0. The van der Waals surface area contributed by atoms with E-state index in [4.69, 9.17) is 0 Å². The van der Waals surface area contributed by atoms with E-state index < -0.39 is 0 Å². The Morgan fingerprint density at radius 2 is 2.00 bits per heavy atom. The fourth-order valence-electron chi connectivity index (χ4n) is 2.58. The first-order chi connectivity index (χ1) is 8.38. The number of piperazine rings is 1. The van der Waals surface area contributed by atoms with Crippen molar-refractivity contribution in [3.8, 4) is 0 Å². The lowest BCUT2D eigenvalue weighted by atomic mass is 10.2. The molecule has 17 heavy (non-hydrogen) atoms. The first kappa shape index (κ1) is 11.0. The molecule has 4 nitrogen and oxygen atoms in total. The monoisotopic (exact) mass is 233 g/mol. The number of hydrogen-bond donors (Lipinski definition) is 1. The standard InChI is InChI=1S/C13H19N3O/c17-10-11-2-1-5-14-13(11)16-8-6-15(7-9-16)12-3-4-12/h1-2,5,12,17H,3-4,6-10H2. The highest BCUT2D eigenvalue weighted by atomic mass is 16.3. The normalized spacial score (nSPS) is 21.8. The summed E-state index contributed by atoms with van der Waals surface area (Å²) in [4.78, 5) is 9.28. The highest BCUT2D eigenvalue weighted by Crippen LogP contribution is 2.28. The fourth-order valence-corrected chi connectivity index (χ4v) is 2.58. The van der Waals surface area contributed by atoms with Gasteiger partial charge in [0.1, 0.15) is 5.82 Å². The van der Waals surface area contributed by atoms with Gasteiger partial charge in [-0.1, -0.05) is 6.07 Å². The molecule has 2 aliphatic rings. The average molecular weight is 233 g/mol. The van der Waals surface area contributed by atoms with Crippen LogP contribution in [-0.2, 0) is 6.61 Å². The van der Waals surface area contributed by atoms with Crippen molar-refractivity contribution in [1.29, 1.82) is 0 Å². The van der Waals surface area contributed by atoms with Gasteiger partial charge in [-0.15, -0.1) is 0 Å². The molecule has 0 bridgehead atoms. The summed E-state index contributed by atoms with van der Waals surface area (Å²) in [5.74, 6) is 0.963. The van der Waals surface area contributed by atoms with Gasteiger partial charge in [-0.05, 0) is 18.9 Å². The molecular formula is C13H19N3O. The highest BCUT2D eigenvalue weighted by Gasteiger charge is 2.31. The summed E-state index contributed by atoms with van der Waals surface area (Å²) < 4.78 is 0. The quantitative estimate of drug-likeness (QED) is 0.840. The zero-order valence-corrected chi connectivity index (χ0v) is 10.0. The summed E-state index contributed by atoms with van der Waals surface area (Å²) in [6.07, 6.45) is 4.57. The second-order valence-electron chi connectivity index (χ2n) is 4.90. The third-order valence-electron chi connectivity index (χ3n) is 3.71. The Balaban J connectivity index is 1.68. The van der Waals surface area contributed by atoms with Gasteiger partial charge in [-0.2, -0.15) is 0 Å². The second kappa shape index (κ2) is 4.63. The molecule has 1 aliphatic carbocycles. The molecule has 0 spiro atoms. The zero-order valence-electron chi connectivity index (χ0n) is 10.0. The van der Waals surface area contributed by atoms with Crippen LogP contribution in [0.5, 0.6) is 0 Å². The Bertz CT molecular complexity index is 384. The lowest BCUT2D eigenvalue weighted by molar-refractivity contribution is 0.246. The summed E-state index contributed by atoms with van der Waals surface area (Å²) in [5, 5.41) is 9.32. The molecule has 1 aliphatic heterocycles. The molecule has 0 aromatic carbocycles. The van der Waals surface area contributed by atoms with Gasteiger partial charge in [0.2, 0.25) is 0 Å². The Kier molecular flexibility index (Phi) is 2.99. The Hall–Kier alpha value is -1.13. The maximum atomic E-state index is 9.32. The Morgan fingerprint density at radius 1 is 1.24 bits per heavy atom. The molecule has 3 rings (SSSR count). The van der Waals surface area contributed by atoms with Crippen LogP contribution in [0.1, 0.15) is 18.4 Å². The predicted molar refractivity (Wildman–Crippen MR) is 67.0 cm³/mol. The molecule has 0 atom stereocenters. The van der Waals surface area contributed by atoms with Gasteiger partial charge >= 0.3 is 0 Å². The second-order valence-corrected chi connectivity index (χ2v) is 4.90. The maximum absolute atomic E-state index is 9.32. The molecule has 2 fully saturated rings. The molecule has 0 radical (unpaired) electrons. The van der Waals surface area contributed by atoms with E-state index in [2.05, 4.69) is 14.8 Å². The minimum absolute atomic E-state index is 0.0754. The molecule has 0 unspecified atom stereocenters. The van der Waals surface area contributed by atoms with Crippen LogP contribution in [0.4, 0.5) is 5.82 Å². The molecule has 4 heteroatoms. The van der Waals surface area contributed by atoms with E-state index >= 15 is 0 Å². The predicted octanol–water partition coefficient (Wildman–Crippen LogP) is 0.858. The van der Waals surface area contributed by atoms with Crippen molar-refractivity contribution < 1.29 is 5.11 Å². The van der Waals surface area contributed by atoms with E-state index in [1.807, 2.05) is 18.3 Å². The van der Waals surface area contributed by atoms with Gasteiger partial charge in [-0.25, -0.2) is 4.98 Å². The van der Waals surface area contributed by atoms with Crippen LogP contribution in [0, 0.1) is 0 Å². The zero-order chi connectivity index (χ0) is 11.7. The van der Waals surface area contributed by atoms with E-state index in [1.54, 1.807) is 0 Å². The van der Waals surface area contributed by atoms with Crippen LogP contribution in [0.2, 0.25) is 0 Å². The Labute approximate surface area is 102 Å². The molecule has 2 heterocycles. The van der Waals surface area contributed by atoms with E-state index in [9.17, 15) is 5.11 Å². The van der Waals surface area contributed by atoms with Crippen molar-refractivity contribution in [2.75, 3.05) is 31.1 Å². The first-order valence-corrected chi connectivity index (χ1v) is 6.42. The van der Waals surface area contributed by atoms with E-state index in [0.717, 1.165) is 43.6 Å². The number of rotatable bonds is 3. The summed E-state index contributed by atoms with van der Waals surface area (Å²) in [6.45, 7) is 4.39. The maximum Gasteiger partial charge on any atom is 0.134 e. The molecule has 0 amide bonds. The topological polar surface area (TPSA) is 39.6 Å². The molecular weight excluding hydrogens is 214 g/mol. The third kappa shape index (κ3) is 2.28. The highest BCUT2D eigenvalue weighted by molar-refractivity contribution is 5.46. The smallest absolute Gasteiger partial charge is 0.134 e. The van der Waals surface area contributed by atoms with Crippen LogP contribution in [0.3, 0.4) is 0 Å². The SMILES string of the molecule is OCc1cccnc1N1CCN(C2CC2)CC1. The van der Waals surface area contributed by atoms with E-state index in [1.165, 1.54) is 12.8 Å². The van der Waals surface area contributed by atoms with E-state index in [0.29, 0.717) is 0 Å². The van der Waals surface area contributed by atoms with Gasteiger partial charge in [0, 0.05) is 44.0 Å². The van der Waals surface area contributed by atoms with Crippen molar-refractivity contribution in [2.45, 2.75) is 25.5 Å². The summed E-state index contributed by atoms with van der Waals surface area (Å²) in [6, 6.07) is 4.70. The largest absolute Gasteiger partial charge is 0.392 e. The summed E-state index contributed by atoms with van der Waals surface area (Å²) in [5.41, 5.74) is 0.937. The number of anilines is 1. The van der Waals surface area contributed by atoms with E-state index in [-0.39, 0.29) is 6.61 Å². The van der Waals surface area contributed by atoms with Crippen molar-refractivity contribution in [2.24, 2.45) is 0 Å². The number of aliphatic hydroxyl groups is 1. The van der Waals surface area contributed by atoms with Crippen LogP contribution in [-0.4, -0.2) is 47.2 Å². The van der Waals surface area contributed by atoms with Gasteiger partial charge in [0.15, 0.2) is 0 Å². The lowest BCUT2D eigenvalue weighted by Crippen LogP contribution is -2.47. The minimum atomic E-state index is 0.0754. The van der Waals surface area contributed by atoms with Crippen LogP contribution in [0.15, 0.2) is 18.3 Å². The average Bonchev–Trinajstić information content (AvgIpc) is 3.23. The third-order valence-corrected chi connectivity index (χ3v) is 3.71. The van der Waals surface area contributed by atoms with Crippen molar-refractivity contribution in [3.63, 3.8) is 0 Å². The number of aliphatic hydroxyl groups excluding tert-OH is 1. The molecule has 1 aromatic rings. The number of aromatic nitrogens is 1. The van der Waals surface area contributed by atoms with Crippen molar-refractivity contribution in [3.05, 3.63) is 23.9 Å². The van der Waals surface area contributed by atoms with Crippen molar-refractivity contribution in [1.82, 2.24) is 9.88 Å². The molecule has 92 valence electrons. The van der Waals surface area contributed by atoms with Gasteiger partial charge in [0.05, 0.1) is 6.61 Å². The number of nitrogens with zero attached hydrogens (tertiary/aromatic N) is 3. The molecule has 1 N–H and O–H groups in total. The van der Waals surface area contributed by atoms with Crippen LogP contribution < -0.4 is 4.90 Å². The molecule has 1 saturated carbocycles. The van der Waals surface area contributed by atoms with Gasteiger partial charge in [0.25, 0.3) is 0 Å².